The van der Waals surface area contributed by atoms with Gasteiger partial charge in [-0.05, 0) is 12.3 Å². The van der Waals surface area contributed by atoms with E-state index in [1.165, 1.54) is 12.3 Å². The fourth-order valence-electron chi connectivity index (χ4n) is 2.04. The molecule has 1 aliphatic heterocycles. The van der Waals surface area contributed by atoms with E-state index in [0.717, 1.165) is 16.3 Å². The summed E-state index contributed by atoms with van der Waals surface area (Å²) in [5.41, 5.74) is 9.88. The number of nitrogens with zero attached hydrogens (tertiary/aromatic N) is 3. The summed E-state index contributed by atoms with van der Waals surface area (Å²) in [5.74, 6) is -0.0254. The molecule has 146 valence electrons. The number of aromatic nitrogens is 2. The predicted octanol–water partition coefficient (Wildman–Crippen LogP) is -1.83. The minimum Gasteiger partial charge on any atom is -0.387 e. The van der Waals surface area contributed by atoms with Crippen molar-refractivity contribution in [2.75, 3.05) is 18.6 Å². The molecular weight excluding hydrogens is 393 g/mol. The van der Waals surface area contributed by atoms with E-state index >= 15 is 0 Å². The molecule has 13 nitrogen and oxygen atoms in total. The van der Waals surface area contributed by atoms with Gasteiger partial charge in [0, 0.05) is 6.20 Å². The monoisotopic (exact) mass is 411 g/mol. The zero-order chi connectivity index (χ0) is 19.5. The number of amidine groups is 1. The Hall–Kier alpha value is -1.67. The predicted molar refractivity (Wildman–Crippen MR) is 90.8 cm³/mol. The fraction of sp³-hybridized carbons (Fsp3) is 0.545. The van der Waals surface area contributed by atoms with Crippen molar-refractivity contribution in [1.82, 2.24) is 9.55 Å². The van der Waals surface area contributed by atoms with E-state index in [-0.39, 0.29) is 11.0 Å². The maximum absolute atomic E-state index is 11.8. The highest BCUT2D eigenvalue weighted by atomic mass is 32.2. The average molecular weight is 411 g/mol. The second-order valence-electron chi connectivity index (χ2n) is 5.07. The molecular formula is C11H18N5O8PS. The number of nitrogen functional groups attached to an aromatic ring is 1. The van der Waals surface area contributed by atoms with Gasteiger partial charge in [0.25, 0.3) is 0 Å². The number of phosphoric acid groups is 1. The SMILES string of the molecule is CS/C(N)=N/OP(=O)(O)OC[C@H]1O[C@@H](n2ccc(N)nc2=O)[C@H](O)[C@@H]1O. The maximum Gasteiger partial charge on any atom is 0.548 e. The lowest BCUT2D eigenvalue weighted by atomic mass is 10.1. The first-order valence-electron chi connectivity index (χ1n) is 7.04. The zero-order valence-corrected chi connectivity index (χ0v) is 15.1. The summed E-state index contributed by atoms with van der Waals surface area (Å²) in [5, 5.41) is 23.1. The molecule has 0 amide bonds. The van der Waals surface area contributed by atoms with Gasteiger partial charge in [-0.15, -0.1) is 0 Å². The number of phosphoric ester groups is 1. The van der Waals surface area contributed by atoms with Crippen LogP contribution in [0.25, 0.3) is 0 Å². The molecule has 1 aromatic rings. The zero-order valence-electron chi connectivity index (χ0n) is 13.4. The maximum atomic E-state index is 11.8. The summed E-state index contributed by atoms with van der Waals surface area (Å²) in [6, 6.07) is 1.30. The number of oxime groups is 1. The molecule has 2 rings (SSSR count). The lowest BCUT2D eigenvalue weighted by Crippen LogP contribution is -2.36. The standard InChI is InChI=1S/C11H18N5O8PS/c1-26-10(13)15-24-25(20,21)22-4-5-7(17)8(18)9(23-5)16-3-2-6(12)14-11(16)19/h2-3,5,7-9,17-18H,4H2,1H3,(H2,13,15)(H,20,21)(H2,12,14,19)/t5-,7-,8-,9-/m1/s1. The average Bonchev–Trinajstić information content (AvgIpc) is 2.86. The van der Waals surface area contributed by atoms with Crippen LogP contribution >= 0.6 is 19.6 Å². The van der Waals surface area contributed by atoms with Gasteiger partial charge in [-0.1, -0.05) is 16.9 Å². The van der Waals surface area contributed by atoms with Gasteiger partial charge >= 0.3 is 13.5 Å². The smallest absolute Gasteiger partial charge is 0.387 e. The normalized spacial score (nSPS) is 28.7. The molecule has 2 heterocycles. The van der Waals surface area contributed by atoms with Gasteiger partial charge in [-0.2, -0.15) is 4.98 Å². The highest BCUT2D eigenvalue weighted by Crippen LogP contribution is 2.44. The van der Waals surface area contributed by atoms with Gasteiger partial charge in [0.05, 0.1) is 6.61 Å². The number of hydrogen-bond acceptors (Lipinski definition) is 11. The first-order valence-corrected chi connectivity index (χ1v) is 9.76. The van der Waals surface area contributed by atoms with Crippen LogP contribution in [0.3, 0.4) is 0 Å². The first-order chi connectivity index (χ1) is 12.1. The van der Waals surface area contributed by atoms with Crippen LogP contribution in [0.15, 0.2) is 22.2 Å². The molecule has 1 fully saturated rings. The van der Waals surface area contributed by atoms with Crippen LogP contribution in [0.1, 0.15) is 6.23 Å². The van der Waals surface area contributed by atoms with Gasteiger partial charge in [-0.3, -0.25) is 18.6 Å². The van der Waals surface area contributed by atoms with Crippen LogP contribution in [-0.2, 0) is 18.5 Å². The van der Waals surface area contributed by atoms with Crippen molar-refractivity contribution in [3.05, 3.63) is 22.7 Å². The highest BCUT2D eigenvalue weighted by Gasteiger charge is 2.45. The van der Waals surface area contributed by atoms with Crippen molar-refractivity contribution in [2.24, 2.45) is 10.9 Å². The lowest BCUT2D eigenvalue weighted by Gasteiger charge is -2.17. The second-order valence-corrected chi connectivity index (χ2v) is 7.25. The number of aliphatic hydroxyl groups is 2. The van der Waals surface area contributed by atoms with Crippen molar-refractivity contribution >= 4 is 30.6 Å². The number of ether oxygens (including phenoxy) is 1. The Balaban J connectivity index is 2.03. The van der Waals surface area contributed by atoms with Crippen molar-refractivity contribution < 1.29 is 33.6 Å². The molecule has 1 aromatic heterocycles. The van der Waals surface area contributed by atoms with E-state index in [1.54, 1.807) is 6.26 Å². The Kier molecular flexibility index (Phi) is 6.63. The Morgan fingerprint density at radius 2 is 2.23 bits per heavy atom. The number of anilines is 1. The summed E-state index contributed by atoms with van der Waals surface area (Å²) in [6.45, 7) is -0.631. The molecule has 1 aliphatic rings. The topological polar surface area (TPSA) is 205 Å². The fourth-order valence-corrected chi connectivity index (χ4v) is 2.78. The summed E-state index contributed by atoms with van der Waals surface area (Å²) < 4.78 is 26.9. The van der Waals surface area contributed by atoms with Crippen LogP contribution in [0, 0.1) is 0 Å². The number of aliphatic hydroxyl groups excluding tert-OH is 2. The number of thioether (sulfide) groups is 1. The van der Waals surface area contributed by atoms with E-state index in [9.17, 15) is 24.5 Å². The summed E-state index contributed by atoms with van der Waals surface area (Å²) in [4.78, 5) is 24.8. The Morgan fingerprint density at radius 3 is 2.85 bits per heavy atom. The third kappa shape index (κ3) is 4.94. The van der Waals surface area contributed by atoms with Gasteiger partial charge in [0.1, 0.15) is 24.1 Å². The van der Waals surface area contributed by atoms with Crippen LogP contribution in [0.2, 0.25) is 0 Å². The molecule has 0 aliphatic carbocycles. The molecule has 1 saturated heterocycles. The summed E-state index contributed by atoms with van der Waals surface area (Å²) in [6.07, 6.45) is -2.74. The van der Waals surface area contributed by atoms with Crippen molar-refractivity contribution in [3.8, 4) is 0 Å². The molecule has 5 atom stereocenters. The van der Waals surface area contributed by atoms with Gasteiger partial charge in [-0.25, -0.2) is 9.36 Å². The summed E-state index contributed by atoms with van der Waals surface area (Å²) in [7, 11) is -4.62. The van der Waals surface area contributed by atoms with Crippen LogP contribution in [0.4, 0.5) is 5.82 Å². The van der Waals surface area contributed by atoms with E-state index in [1.807, 2.05) is 0 Å². The Bertz CT molecular complexity index is 775. The van der Waals surface area contributed by atoms with Crippen molar-refractivity contribution in [3.63, 3.8) is 0 Å². The van der Waals surface area contributed by atoms with Gasteiger partial charge in [0.15, 0.2) is 11.4 Å². The van der Waals surface area contributed by atoms with Gasteiger partial charge < -0.3 is 26.4 Å². The first kappa shape index (κ1) is 20.6. The van der Waals surface area contributed by atoms with E-state index in [2.05, 4.69) is 19.3 Å². The third-order valence-corrected chi connectivity index (χ3v) is 4.56. The molecule has 26 heavy (non-hydrogen) atoms. The minimum absolute atomic E-state index is 0.0254. The molecule has 0 bridgehead atoms. The van der Waals surface area contributed by atoms with E-state index in [4.69, 9.17) is 16.2 Å². The van der Waals surface area contributed by atoms with Crippen molar-refractivity contribution in [2.45, 2.75) is 24.5 Å². The van der Waals surface area contributed by atoms with Crippen molar-refractivity contribution in [1.29, 1.82) is 0 Å². The molecule has 0 saturated carbocycles. The van der Waals surface area contributed by atoms with E-state index in [0.29, 0.717) is 0 Å². The molecule has 15 heteroatoms. The lowest BCUT2D eigenvalue weighted by molar-refractivity contribution is -0.0551. The third-order valence-electron chi connectivity index (χ3n) is 3.31. The number of rotatable bonds is 6. The highest BCUT2D eigenvalue weighted by molar-refractivity contribution is 8.13. The second kappa shape index (κ2) is 8.35. The van der Waals surface area contributed by atoms with Crippen LogP contribution < -0.4 is 17.2 Å². The number of hydrogen-bond donors (Lipinski definition) is 5. The quantitative estimate of drug-likeness (QED) is 0.152. The van der Waals surface area contributed by atoms with Crippen LogP contribution in [-0.4, -0.2) is 61.0 Å². The Labute approximate surface area is 151 Å². The van der Waals surface area contributed by atoms with Crippen LogP contribution in [0.5, 0.6) is 0 Å². The summed E-state index contributed by atoms with van der Waals surface area (Å²) >= 11 is 0.980. The molecule has 0 radical (unpaired) electrons. The molecule has 1 unspecified atom stereocenters. The largest absolute Gasteiger partial charge is 0.548 e. The minimum atomic E-state index is -4.62. The molecule has 7 N–H and O–H groups in total. The van der Waals surface area contributed by atoms with E-state index < -0.39 is 44.7 Å². The molecule has 0 aromatic carbocycles. The van der Waals surface area contributed by atoms with Gasteiger partial charge in [0.2, 0.25) is 0 Å². The number of nitrogens with two attached hydrogens (primary N) is 2. The molecule has 0 spiro atoms. The Morgan fingerprint density at radius 1 is 1.54 bits per heavy atom.